The predicted molar refractivity (Wildman–Crippen MR) is 114 cm³/mol. The molecule has 1 spiro atoms. The number of hydrogen-bond acceptors (Lipinski definition) is 6. The van der Waals surface area contributed by atoms with E-state index in [-0.39, 0.29) is 36.0 Å². The average Bonchev–Trinajstić information content (AvgIpc) is 2.77. The molecule has 0 saturated carbocycles. The second kappa shape index (κ2) is 8.80. The van der Waals surface area contributed by atoms with Crippen molar-refractivity contribution in [3.05, 3.63) is 23.8 Å². The molecular formula is C23H29N3O6. The maximum absolute atomic E-state index is 12.7. The van der Waals surface area contributed by atoms with Crippen LogP contribution >= 0.6 is 0 Å². The van der Waals surface area contributed by atoms with Crippen LogP contribution in [0.5, 0.6) is 11.5 Å². The van der Waals surface area contributed by atoms with Crippen LogP contribution in [0, 0.1) is 5.92 Å². The van der Waals surface area contributed by atoms with Gasteiger partial charge in [-0.3, -0.25) is 19.2 Å². The van der Waals surface area contributed by atoms with Gasteiger partial charge in [0.15, 0.2) is 12.4 Å². The first-order valence-electron chi connectivity index (χ1n) is 11.1. The molecule has 0 unspecified atom stereocenters. The van der Waals surface area contributed by atoms with Crippen molar-refractivity contribution in [3.8, 4) is 11.5 Å². The number of fused-ring (bicyclic) bond motifs is 1. The second-order valence-electron chi connectivity index (χ2n) is 8.90. The van der Waals surface area contributed by atoms with Crippen LogP contribution in [-0.2, 0) is 14.4 Å². The minimum Gasteiger partial charge on any atom is -0.486 e. The summed E-state index contributed by atoms with van der Waals surface area (Å²) in [5, 5.41) is 0. The Morgan fingerprint density at radius 1 is 1.12 bits per heavy atom. The zero-order chi connectivity index (χ0) is 22.9. The summed E-state index contributed by atoms with van der Waals surface area (Å²) >= 11 is 0. The Morgan fingerprint density at radius 3 is 2.44 bits per heavy atom. The number of Topliss-reactive ketones (excluding diaryl/α,β-unsaturated/α-hetero) is 1. The zero-order valence-corrected chi connectivity index (χ0v) is 18.3. The van der Waals surface area contributed by atoms with Gasteiger partial charge in [-0.25, -0.2) is 0 Å². The van der Waals surface area contributed by atoms with Crippen LogP contribution in [0.25, 0.3) is 0 Å². The number of likely N-dealkylation sites (tertiary alicyclic amines) is 2. The summed E-state index contributed by atoms with van der Waals surface area (Å²) in [6.45, 7) is 3.51. The van der Waals surface area contributed by atoms with E-state index < -0.39 is 5.60 Å². The highest BCUT2D eigenvalue weighted by Crippen LogP contribution is 2.40. The van der Waals surface area contributed by atoms with Gasteiger partial charge in [-0.2, -0.15) is 0 Å². The van der Waals surface area contributed by atoms with Crippen LogP contribution in [0.15, 0.2) is 18.2 Å². The van der Waals surface area contributed by atoms with E-state index in [1.165, 1.54) is 0 Å². The van der Waals surface area contributed by atoms with Gasteiger partial charge in [0.25, 0.3) is 5.91 Å². The smallest absolute Gasteiger partial charge is 0.260 e. The van der Waals surface area contributed by atoms with Crippen molar-refractivity contribution < 1.29 is 28.7 Å². The molecule has 32 heavy (non-hydrogen) atoms. The van der Waals surface area contributed by atoms with E-state index in [9.17, 15) is 19.2 Å². The Hall–Kier alpha value is -3.10. The Bertz CT molecular complexity index is 930. The first-order chi connectivity index (χ1) is 15.3. The van der Waals surface area contributed by atoms with Crippen molar-refractivity contribution >= 4 is 23.5 Å². The fraction of sp³-hybridized carbons (Fsp3) is 0.565. The summed E-state index contributed by atoms with van der Waals surface area (Å²) in [6.07, 6.45) is 2.63. The number of hydrogen-bond donors (Lipinski definition) is 1. The van der Waals surface area contributed by atoms with Gasteiger partial charge in [0, 0.05) is 57.9 Å². The van der Waals surface area contributed by atoms with Gasteiger partial charge in [-0.15, -0.1) is 0 Å². The van der Waals surface area contributed by atoms with E-state index >= 15 is 0 Å². The van der Waals surface area contributed by atoms with E-state index in [0.717, 1.165) is 0 Å². The molecule has 4 rings (SSSR count). The molecule has 1 aromatic carbocycles. The molecule has 2 N–H and O–H groups in total. The SMILES string of the molecule is CC(=O)N1CCC2(CC1)CC(=O)c1ccc(OCC(=O)N3CCC(C(N)=O)CC3)cc1O2. The van der Waals surface area contributed by atoms with E-state index in [1.54, 1.807) is 34.9 Å². The Kier molecular flexibility index (Phi) is 6.08. The molecule has 0 aliphatic carbocycles. The standard InChI is InChI=1S/C23H29N3O6/c1-15(27)25-10-6-23(7-11-25)13-19(28)18-3-2-17(12-20(18)32-23)31-14-21(29)26-8-4-16(5-9-26)22(24)30/h2-3,12,16H,4-11,13-14H2,1H3,(H2,24,30). The molecule has 3 aliphatic heterocycles. The fourth-order valence-corrected chi connectivity index (χ4v) is 4.72. The molecule has 9 heteroatoms. The molecule has 9 nitrogen and oxygen atoms in total. The maximum Gasteiger partial charge on any atom is 0.260 e. The number of piperidine rings is 2. The third-order valence-electron chi connectivity index (χ3n) is 6.80. The van der Waals surface area contributed by atoms with Crippen LogP contribution in [-0.4, -0.2) is 71.7 Å². The fourth-order valence-electron chi connectivity index (χ4n) is 4.72. The van der Waals surface area contributed by atoms with Gasteiger partial charge >= 0.3 is 0 Å². The number of nitrogens with two attached hydrogens (primary N) is 1. The van der Waals surface area contributed by atoms with Crippen molar-refractivity contribution in [2.45, 2.75) is 44.6 Å². The first kappa shape index (κ1) is 22.1. The Labute approximate surface area is 186 Å². The molecule has 2 saturated heterocycles. The van der Waals surface area contributed by atoms with Gasteiger partial charge in [0.05, 0.1) is 12.0 Å². The molecule has 172 valence electrons. The van der Waals surface area contributed by atoms with Crippen LogP contribution < -0.4 is 15.2 Å². The number of carbonyl (C=O) groups is 4. The average molecular weight is 444 g/mol. The zero-order valence-electron chi connectivity index (χ0n) is 18.3. The minimum absolute atomic E-state index is 0.0162. The number of primary amides is 1. The number of rotatable bonds is 4. The monoisotopic (exact) mass is 443 g/mol. The number of carbonyl (C=O) groups excluding carboxylic acids is 4. The lowest BCUT2D eigenvalue weighted by atomic mass is 9.82. The summed E-state index contributed by atoms with van der Waals surface area (Å²) in [5.41, 5.74) is 5.25. The quantitative estimate of drug-likeness (QED) is 0.745. The van der Waals surface area contributed by atoms with E-state index in [1.807, 2.05) is 0 Å². The molecule has 3 heterocycles. The number of amides is 3. The number of ether oxygens (including phenoxy) is 2. The van der Waals surface area contributed by atoms with Gasteiger partial charge in [-0.05, 0) is 25.0 Å². The Balaban J connectivity index is 1.37. The van der Waals surface area contributed by atoms with Crippen molar-refractivity contribution in [1.82, 2.24) is 9.80 Å². The van der Waals surface area contributed by atoms with Gasteiger partial charge in [0.1, 0.15) is 17.1 Å². The van der Waals surface area contributed by atoms with Crippen molar-refractivity contribution in [2.75, 3.05) is 32.8 Å². The summed E-state index contributed by atoms with van der Waals surface area (Å²) in [4.78, 5) is 51.6. The molecule has 0 radical (unpaired) electrons. The number of nitrogens with zero attached hydrogens (tertiary/aromatic N) is 2. The maximum atomic E-state index is 12.7. The van der Waals surface area contributed by atoms with E-state index in [4.69, 9.17) is 15.2 Å². The molecule has 3 aliphatic rings. The van der Waals surface area contributed by atoms with Crippen molar-refractivity contribution in [2.24, 2.45) is 11.7 Å². The van der Waals surface area contributed by atoms with Gasteiger partial charge < -0.3 is 25.0 Å². The molecule has 3 amide bonds. The number of ketones is 1. The summed E-state index contributed by atoms with van der Waals surface area (Å²) in [6, 6.07) is 5.01. The summed E-state index contributed by atoms with van der Waals surface area (Å²) < 4.78 is 12.0. The van der Waals surface area contributed by atoms with Gasteiger partial charge in [-0.1, -0.05) is 0 Å². The largest absolute Gasteiger partial charge is 0.486 e. The highest BCUT2D eigenvalue weighted by Gasteiger charge is 2.43. The topological polar surface area (TPSA) is 119 Å². The lowest BCUT2D eigenvalue weighted by molar-refractivity contribution is -0.136. The second-order valence-corrected chi connectivity index (χ2v) is 8.90. The first-order valence-corrected chi connectivity index (χ1v) is 11.1. The molecule has 0 atom stereocenters. The molecule has 0 bridgehead atoms. The molecule has 1 aromatic rings. The van der Waals surface area contributed by atoms with Crippen LogP contribution in [0.3, 0.4) is 0 Å². The summed E-state index contributed by atoms with van der Waals surface area (Å²) in [5.74, 6) is 0.311. The normalized spacial score (nSPS) is 20.5. The number of benzene rings is 1. The molecule has 2 fully saturated rings. The van der Waals surface area contributed by atoms with Crippen molar-refractivity contribution in [1.29, 1.82) is 0 Å². The van der Waals surface area contributed by atoms with Crippen molar-refractivity contribution in [3.63, 3.8) is 0 Å². The summed E-state index contributed by atoms with van der Waals surface area (Å²) in [7, 11) is 0. The Morgan fingerprint density at radius 2 is 1.81 bits per heavy atom. The highest BCUT2D eigenvalue weighted by molar-refractivity contribution is 6.00. The van der Waals surface area contributed by atoms with E-state index in [0.29, 0.717) is 75.3 Å². The van der Waals surface area contributed by atoms with Crippen LogP contribution in [0.4, 0.5) is 0 Å². The lowest BCUT2D eigenvalue weighted by Gasteiger charge is -2.43. The highest BCUT2D eigenvalue weighted by atomic mass is 16.5. The van der Waals surface area contributed by atoms with E-state index in [2.05, 4.69) is 0 Å². The molecule has 0 aromatic heterocycles. The molecular weight excluding hydrogens is 414 g/mol. The van der Waals surface area contributed by atoms with Crippen LogP contribution in [0.1, 0.15) is 49.4 Å². The predicted octanol–water partition coefficient (Wildman–Crippen LogP) is 1.14. The lowest BCUT2D eigenvalue weighted by Crippen LogP contribution is -2.51. The van der Waals surface area contributed by atoms with Gasteiger partial charge in [0.2, 0.25) is 11.8 Å². The minimum atomic E-state index is -0.602. The third kappa shape index (κ3) is 4.56. The third-order valence-corrected chi connectivity index (χ3v) is 6.80. The van der Waals surface area contributed by atoms with Crippen LogP contribution in [0.2, 0.25) is 0 Å².